The summed E-state index contributed by atoms with van der Waals surface area (Å²) >= 11 is 0. The van der Waals surface area contributed by atoms with E-state index in [0.717, 1.165) is 70.1 Å². The lowest BCUT2D eigenvalue weighted by Gasteiger charge is -2.49. The van der Waals surface area contributed by atoms with Gasteiger partial charge in [-0.3, -0.25) is 9.59 Å². The largest absolute Gasteiger partial charge is 0.498 e. The topological polar surface area (TPSA) is 82.1 Å². The molecule has 2 aliphatic carbocycles. The highest BCUT2D eigenvalue weighted by atomic mass is 16.5. The van der Waals surface area contributed by atoms with Gasteiger partial charge >= 0.3 is 11.9 Å². The van der Waals surface area contributed by atoms with E-state index >= 15 is 0 Å². The zero-order valence-corrected chi connectivity index (χ0v) is 26.8. The van der Waals surface area contributed by atoms with Crippen molar-refractivity contribution in [3.8, 4) is 0 Å². The van der Waals surface area contributed by atoms with Gasteiger partial charge in [-0.1, -0.05) is 78.7 Å². The van der Waals surface area contributed by atoms with Gasteiger partial charge < -0.3 is 19.3 Å². The Balaban J connectivity index is 1.48. The van der Waals surface area contributed by atoms with Gasteiger partial charge in [-0.05, 0) is 74.5 Å². The molecule has 0 saturated heterocycles. The molecule has 2 bridgehead atoms. The number of fused-ring (bicyclic) bond motifs is 2. The molecule has 1 N–H and O–H groups in total. The van der Waals surface area contributed by atoms with Crippen LogP contribution in [0.25, 0.3) is 0 Å². The first-order valence-corrected chi connectivity index (χ1v) is 17.0. The van der Waals surface area contributed by atoms with Gasteiger partial charge in [0.25, 0.3) is 0 Å². The molecule has 2 aliphatic rings. The number of aliphatic hydroxyl groups excluding tert-OH is 1. The lowest BCUT2D eigenvalue weighted by atomic mass is 9.56. The molecule has 6 heteroatoms. The Hall–Kier alpha value is -1.56. The highest BCUT2D eigenvalue weighted by Gasteiger charge is 2.45. The summed E-state index contributed by atoms with van der Waals surface area (Å²) in [5, 5.41) is 9.78. The molecule has 3 atom stereocenters. The van der Waals surface area contributed by atoms with E-state index in [2.05, 4.69) is 27.4 Å². The first-order valence-electron chi connectivity index (χ1n) is 17.0. The summed E-state index contributed by atoms with van der Waals surface area (Å²) in [5.41, 5.74) is 0.101. The molecule has 2 rings (SSSR count). The van der Waals surface area contributed by atoms with Crippen molar-refractivity contribution in [2.45, 2.75) is 143 Å². The molecule has 0 aromatic rings. The molecule has 3 unspecified atom stereocenters. The minimum atomic E-state index is -0.247. The Morgan fingerprint density at radius 3 is 2.02 bits per heavy atom. The zero-order valence-electron chi connectivity index (χ0n) is 26.8. The fourth-order valence-electron chi connectivity index (χ4n) is 7.42. The van der Waals surface area contributed by atoms with Crippen LogP contribution in [-0.2, 0) is 23.8 Å². The van der Waals surface area contributed by atoms with Crippen LogP contribution in [0, 0.1) is 29.1 Å². The number of rotatable bonds is 23. The molecule has 41 heavy (non-hydrogen) atoms. The fourth-order valence-corrected chi connectivity index (χ4v) is 7.42. The highest BCUT2D eigenvalue weighted by molar-refractivity contribution is 5.70. The minimum absolute atomic E-state index is 0.0788. The number of aliphatic hydroxyl groups is 1. The van der Waals surface area contributed by atoms with Gasteiger partial charge in [-0.15, -0.1) is 0 Å². The Morgan fingerprint density at radius 2 is 1.37 bits per heavy atom. The monoisotopic (exact) mass is 578 g/mol. The molecule has 238 valence electrons. The van der Waals surface area contributed by atoms with Gasteiger partial charge in [0, 0.05) is 12.8 Å². The standard InChI is InChI=1S/C35H62O6/c1-5-6-7-8-9-12-15-18-39-33(37)17-14-11-10-13-16-30(4)40-26-32(25-36)27-41-34(38)24-35-21-28(2)19-31(23-35)20-29(3)22-35/h28-29,31-32,36H,4-27H2,1-3H3. The smallest absolute Gasteiger partial charge is 0.306 e. The third kappa shape index (κ3) is 15.5. The predicted molar refractivity (Wildman–Crippen MR) is 165 cm³/mol. The number of hydrogen-bond donors (Lipinski definition) is 1. The second kappa shape index (κ2) is 20.4. The van der Waals surface area contributed by atoms with Crippen molar-refractivity contribution in [1.29, 1.82) is 0 Å². The van der Waals surface area contributed by atoms with Crippen LogP contribution in [0.15, 0.2) is 12.3 Å². The van der Waals surface area contributed by atoms with Crippen LogP contribution in [0.1, 0.15) is 143 Å². The summed E-state index contributed by atoms with van der Waals surface area (Å²) in [6.45, 7) is 11.8. The van der Waals surface area contributed by atoms with Crippen LogP contribution in [0.4, 0.5) is 0 Å². The second-order valence-corrected chi connectivity index (χ2v) is 13.7. The maximum Gasteiger partial charge on any atom is 0.306 e. The van der Waals surface area contributed by atoms with Crippen molar-refractivity contribution >= 4 is 11.9 Å². The average molecular weight is 579 g/mol. The Bertz CT molecular complexity index is 729. The number of allylic oxidation sites excluding steroid dienone is 1. The number of carbonyl (C=O) groups excluding carboxylic acids is 2. The van der Waals surface area contributed by atoms with E-state index < -0.39 is 0 Å². The van der Waals surface area contributed by atoms with E-state index in [4.69, 9.17) is 14.2 Å². The molecule has 0 amide bonds. The zero-order chi connectivity index (χ0) is 29.9. The number of carbonyl (C=O) groups is 2. The molecular weight excluding hydrogens is 516 g/mol. The SMILES string of the molecule is C=C(CCCCCCC(=O)OCCCCCCCCC)OCC(CO)COC(=O)CC12CC(C)CC(CC(C)C1)C2. The van der Waals surface area contributed by atoms with Crippen molar-refractivity contribution in [1.82, 2.24) is 0 Å². The van der Waals surface area contributed by atoms with Crippen LogP contribution in [-0.4, -0.2) is 43.5 Å². The van der Waals surface area contributed by atoms with Crippen molar-refractivity contribution in [2.75, 3.05) is 26.4 Å². The van der Waals surface area contributed by atoms with E-state index in [1.165, 1.54) is 44.9 Å². The Morgan fingerprint density at radius 1 is 0.780 bits per heavy atom. The fraction of sp³-hybridized carbons (Fsp3) is 0.886. The third-order valence-electron chi connectivity index (χ3n) is 9.13. The minimum Gasteiger partial charge on any atom is -0.498 e. The van der Waals surface area contributed by atoms with Gasteiger partial charge in [0.2, 0.25) is 0 Å². The van der Waals surface area contributed by atoms with Gasteiger partial charge in [-0.2, -0.15) is 0 Å². The van der Waals surface area contributed by atoms with E-state index in [-0.39, 0.29) is 36.5 Å². The second-order valence-electron chi connectivity index (χ2n) is 13.7. The first-order chi connectivity index (χ1) is 19.7. The first kappa shape index (κ1) is 35.6. The number of esters is 2. The van der Waals surface area contributed by atoms with E-state index in [1.807, 2.05) is 0 Å². The van der Waals surface area contributed by atoms with E-state index in [0.29, 0.717) is 43.7 Å². The Labute approximate surface area is 251 Å². The maximum atomic E-state index is 12.8. The van der Waals surface area contributed by atoms with Crippen LogP contribution in [0.3, 0.4) is 0 Å². The quantitative estimate of drug-likeness (QED) is 0.0743. The molecule has 6 nitrogen and oxygen atoms in total. The van der Waals surface area contributed by atoms with Gasteiger partial charge in [0.15, 0.2) is 0 Å². The molecule has 0 radical (unpaired) electrons. The number of hydrogen-bond acceptors (Lipinski definition) is 6. The molecule has 0 aliphatic heterocycles. The van der Waals surface area contributed by atoms with E-state index in [9.17, 15) is 14.7 Å². The molecule has 2 saturated carbocycles. The van der Waals surface area contributed by atoms with Gasteiger partial charge in [-0.25, -0.2) is 0 Å². The van der Waals surface area contributed by atoms with Crippen molar-refractivity contribution in [3.63, 3.8) is 0 Å². The number of ether oxygens (including phenoxy) is 3. The third-order valence-corrected chi connectivity index (χ3v) is 9.13. The molecule has 0 spiro atoms. The summed E-state index contributed by atoms with van der Waals surface area (Å²) in [6.07, 6.45) is 20.1. The molecule has 0 heterocycles. The summed E-state index contributed by atoms with van der Waals surface area (Å²) in [5.74, 6) is 2.35. The maximum absolute atomic E-state index is 12.8. The average Bonchev–Trinajstić information content (AvgIpc) is 2.91. The normalized spacial score (nSPS) is 24.4. The van der Waals surface area contributed by atoms with Crippen molar-refractivity contribution in [2.24, 2.45) is 29.1 Å². The van der Waals surface area contributed by atoms with Crippen LogP contribution < -0.4 is 0 Å². The predicted octanol–water partition coefficient (Wildman–Crippen LogP) is 8.55. The van der Waals surface area contributed by atoms with Crippen molar-refractivity contribution in [3.05, 3.63) is 12.3 Å². The lowest BCUT2D eigenvalue weighted by molar-refractivity contribution is -0.151. The van der Waals surface area contributed by atoms with Crippen molar-refractivity contribution < 1.29 is 28.9 Å². The summed E-state index contributed by atoms with van der Waals surface area (Å²) in [7, 11) is 0. The van der Waals surface area contributed by atoms with Crippen LogP contribution in [0.5, 0.6) is 0 Å². The van der Waals surface area contributed by atoms with E-state index in [1.54, 1.807) is 0 Å². The lowest BCUT2D eigenvalue weighted by Crippen LogP contribution is -2.41. The molecule has 0 aromatic heterocycles. The molecular formula is C35H62O6. The molecule has 2 fully saturated rings. The summed E-state index contributed by atoms with van der Waals surface area (Å²) < 4.78 is 16.8. The van der Waals surface area contributed by atoms with Gasteiger partial charge in [0.05, 0.1) is 44.5 Å². The van der Waals surface area contributed by atoms with Gasteiger partial charge in [0.1, 0.15) is 0 Å². The highest BCUT2D eigenvalue weighted by Crippen LogP contribution is 2.54. The Kier molecular flexibility index (Phi) is 17.7. The number of unbranched alkanes of at least 4 members (excludes halogenated alkanes) is 9. The van der Waals surface area contributed by atoms with Crippen LogP contribution >= 0.6 is 0 Å². The molecule has 0 aromatic carbocycles. The summed E-state index contributed by atoms with van der Waals surface area (Å²) in [4.78, 5) is 24.7. The summed E-state index contributed by atoms with van der Waals surface area (Å²) in [6, 6.07) is 0. The van der Waals surface area contributed by atoms with Crippen LogP contribution in [0.2, 0.25) is 0 Å².